The Balaban J connectivity index is 1.72. The average molecular weight is 404 g/mol. The Hall–Kier alpha value is -2.14. The molecule has 0 saturated carbocycles. The van der Waals surface area contributed by atoms with Crippen LogP contribution in [-0.4, -0.2) is 44.4 Å². The lowest BCUT2D eigenvalue weighted by atomic mass is 9.93. The van der Waals surface area contributed by atoms with Gasteiger partial charge in [-0.2, -0.15) is 0 Å². The van der Waals surface area contributed by atoms with Crippen molar-refractivity contribution in [1.29, 1.82) is 0 Å². The summed E-state index contributed by atoms with van der Waals surface area (Å²) in [6.07, 6.45) is -0.915. The molecule has 0 atom stereocenters. The molecule has 2 aromatic rings. The van der Waals surface area contributed by atoms with E-state index in [1.807, 2.05) is 4.90 Å². The lowest BCUT2D eigenvalue weighted by Crippen LogP contribution is -2.35. The molecule has 148 valence electrons. The molecule has 1 N–H and O–H groups in total. The van der Waals surface area contributed by atoms with Crippen LogP contribution in [0.3, 0.4) is 0 Å². The maximum atomic E-state index is 12.5. The molecule has 0 amide bonds. The topological polar surface area (TPSA) is 84.4 Å². The van der Waals surface area contributed by atoms with E-state index in [9.17, 15) is 21.6 Å². The van der Waals surface area contributed by atoms with E-state index < -0.39 is 17.3 Å². The molecule has 11 heteroatoms. The normalized spacial score (nSPS) is 16.2. The Morgan fingerprint density at radius 3 is 2.63 bits per heavy atom. The number of hydrogen-bond acceptors (Lipinski definition) is 6. The lowest BCUT2D eigenvalue weighted by molar-refractivity contribution is -0.274. The van der Waals surface area contributed by atoms with Crippen molar-refractivity contribution < 1.29 is 26.3 Å². The van der Waals surface area contributed by atoms with Gasteiger partial charge in [0.05, 0.1) is 5.52 Å². The maximum Gasteiger partial charge on any atom is 0.573 e. The second kappa shape index (κ2) is 8.26. The first kappa shape index (κ1) is 19.6. The third-order valence-corrected chi connectivity index (χ3v) is 5.01. The fourth-order valence-corrected chi connectivity index (χ4v) is 3.58. The third kappa shape index (κ3) is 5.42. The van der Waals surface area contributed by atoms with Crippen LogP contribution in [0.1, 0.15) is 19.3 Å². The minimum absolute atomic E-state index is 0.307. The summed E-state index contributed by atoms with van der Waals surface area (Å²) >= 11 is 0. The van der Waals surface area contributed by atoms with E-state index >= 15 is 0 Å². The van der Waals surface area contributed by atoms with E-state index in [0.717, 1.165) is 19.3 Å². The van der Waals surface area contributed by atoms with Gasteiger partial charge in [-0.05, 0) is 43.4 Å². The molecule has 27 heavy (non-hydrogen) atoms. The smallest absolute Gasteiger partial charge is 0.406 e. The van der Waals surface area contributed by atoms with Crippen molar-refractivity contribution in [2.75, 3.05) is 24.5 Å². The SMILES string of the molecule is O=[SH](=O)NCCC1CCN(c2ncnc3ccc(OC(F)(F)F)cc23)CC1. The van der Waals surface area contributed by atoms with Crippen LogP contribution in [0.25, 0.3) is 10.9 Å². The largest absolute Gasteiger partial charge is 0.573 e. The summed E-state index contributed by atoms with van der Waals surface area (Å²) in [5.41, 5.74) is 0.542. The predicted molar refractivity (Wildman–Crippen MR) is 94.1 cm³/mol. The predicted octanol–water partition coefficient (Wildman–Crippen LogP) is 2.25. The monoisotopic (exact) mass is 404 g/mol. The van der Waals surface area contributed by atoms with Crippen LogP contribution in [-0.2, 0) is 10.9 Å². The van der Waals surface area contributed by atoms with Gasteiger partial charge in [0.15, 0.2) is 0 Å². The summed E-state index contributed by atoms with van der Waals surface area (Å²) in [5, 5.41) is 0.503. The van der Waals surface area contributed by atoms with Crippen LogP contribution < -0.4 is 14.4 Å². The highest BCUT2D eigenvalue weighted by Crippen LogP contribution is 2.32. The van der Waals surface area contributed by atoms with Crippen LogP contribution >= 0.6 is 0 Å². The minimum Gasteiger partial charge on any atom is -0.406 e. The van der Waals surface area contributed by atoms with Crippen molar-refractivity contribution >= 4 is 27.6 Å². The Bertz CT molecular complexity index is 860. The van der Waals surface area contributed by atoms with E-state index in [1.54, 1.807) is 0 Å². The number of benzene rings is 1. The van der Waals surface area contributed by atoms with Gasteiger partial charge in [-0.25, -0.2) is 23.1 Å². The number of rotatable bonds is 6. The molecule has 7 nitrogen and oxygen atoms in total. The zero-order valence-corrected chi connectivity index (χ0v) is 15.2. The lowest BCUT2D eigenvalue weighted by Gasteiger charge is -2.33. The van der Waals surface area contributed by atoms with Crippen molar-refractivity contribution in [3.05, 3.63) is 24.5 Å². The zero-order chi connectivity index (χ0) is 19.4. The molecular weight excluding hydrogens is 385 g/mol. The number of ether oxygens (including phenoxy) is 1. The van der Waals surface area contributed by atoms with Crippen molar-refractivity contribution in [2.24, 2.45) is 5.92 Å². The van der Waals surface area contributed by atoms with Gasteiger partial charge in [0.1, 0.15) is 17.9 Å². The summed E-state index contributed by atoms with van der Waals surface area (Å²) in [5.74, 6) is 0.659. The van der Waals surface area contributed by atoms with E-state index in [0.29, 0.717) is 42.3 Å². The van der Waals surface area contributed by atoms with E-state index in [-0.39, 0.29) is 5.75 Å². The molecule has 3 rings (SSSR count). The van der Waals surface area contributed by atoms with Gasteiger partial charge in [-0.15, -0.1) is 13.2 Å². The van der Waals surface area contributed by atoms with Gasteiger partial charge < -0.3 is 9.64 Å². The highest BCUT2D eigenvalue weighted by Gasteiger charge is 2.31. The Kier molecular flexibility index (Phi) is 6.00. The second-order valence-corrected chi connectivity index (χ2v) is 7.14. The molecule has 1 aromatic heterocycles. The second-order valence-electron chi connectivity index (χ2n) is 6.31. The Morgan fingerprint density at radius 1 is 1.22 bits per heavy atom. The molecule has 1 aliphatic heterocycles. The molecule has 1 aromatic carbocycles. The number of anilines is 1. The zero-order valence-electron chi connectivity index (χ0n) is 14.3. The number of nitrogens with one attached hydrogen (secondary N) is 1. The molecule has 1 fully saturated rings. The maximum absolute atomic E-state index is 12.5. The van der Waals surface area contributed by atoms with E-state index in [2.05, 4.69) is 19.4 Å². The molecule has 0 unspecified atom stereocenters. The van der Waals surface area contributed by atoms with E-state index in [1.165, 1.54) is 24.5 Å². The molecule has 2 heterocycles. The summed E-state index contributed by atoms with van der Waals surface area (Å²) in [6, 6.07) is 4.01. The number of alkyl halides is 3. The molecule has 0 aliphatic carbocycles. The van der Waals surface area contributed by atoms with Crippen molar-refractivity contribution in [3.63, 3.8) is 0 Å². The third-order valence-electron chi connectivity index (χ3n) is 4.53. The fourth-order valence-electron chi connectivity index (χ4n) is 3.26. The van der Waals surface area contributed by atoms with Gasteiger partial charge in [-0.1, -0.05) is 0 Å². The van der Waals surface area contributed by atoms with Gasteiger partial charge in [0.2, 0.25) is 10.9 Å². The Labute approximate surface area is 155 Å². The van der Waals surface area contributed by atoms with Gasteiger partial charge >= 0.3 is 6.36 Å². The van der Waals surface area contributed by atoms with Gasteiger partial charge in [-0.3, -0.25) is 0 Å². The number of fused-ring (bicyclic) bond motifs is 1. The number of halogens is 3. The highest BCUT2D eigenvalue weighted by molar-refractivity contribution is 7.70. The van der Waals surface area contributed by atoms with E-state index in [4.69, 9.17) is 0 Å². The molecule has 1 saturated heterocycles. The first-order chi connectivity index (χ1) is 12.8. The number of hydrogen-bond donors (Lipinski definition) is 2. The molecule has 0 spiro atoms. The average Bonchev–Trinajstić information content (AvgIpc) is 2.60. The fraction of sp³-hybridized carbons (Fsp3) is 0.500. The van der Waals surface area contributed by atoms with Crippen molar-refractivity contribution in [3.8, 4) is 5.75 Å². The molecule has 0 radical (unpaired) electrons. The summed E-state index contributed by atoms with van der Waals surface area (Å²) in [4.78, 5) is 10.4. The van der Waals surface area contributed by atoms with Gasteiger partial charge in [0.25, 0.3) is 0 Å². The van der Waals surface area contributed by atoms with Crippen molar-refractivity contribution in [2.45, 2.75) is 25.6 Å². The van der Waals surface area contributed by atoms with Crippen LogP contribution in [0.15, 0.2) is 24.5 Å². The van der Waals surface area contributed by atoms with Gasteiger partial charge in [0, 0.05) is 25.0 Å². The van der Waals surface area contributed by atoms with Crippen LogP contribution in [0.4, 0.5) is 19.0 Å². The summed E-state index contributed by atoms with van der Waals surface area (Å²) in [7, 11) is -2.57. The highest BCUT2D eigenvalue weighted by atomic mass is 32.2. The molecule has 0 bridgehead atoms. The van der Waals surface area contributed by atoms with Crippen molar-refractivity contribution in [1.82, 2.24) is 14.7 Å². The number of thiol groups is 1. The Morgan fingerprint density at radius 2 is 1.96 bits per heavy atom. The van der Waals surface area contributed by atoms with Crippen LogP contribution in [0.2, 0.25) is 0 Å². The molecular formula is C16H19F3N4O3S. The number of nitrogens with zero attached hydrogens (tertiary/aromatic N) is 3. The summed E-state index contributed by atoms with van der Waals surface area (Å²) in [6.45, 7) is 1.78. The number of piperidine rings is 1. The quantitative estimate of drug-likeness (QED) is 0.719. The number of aromatic nitrogens is 2. The van der Waals surface area contributed by atoms with Crippen LogP contribution in [0, 0.1) is 5.92 Å². The first-order valence-corrected chi connectivity index (χ1v) is 9.63. The first-order valence-electron chi connectivity index (χ1n) is 8.45. The summed E-state index contributed by atoms with van der Waals surface area (Å²) < 4.78 is 64.9. The molecule has 1 aliphatic rings. The van der Waals surface area contributed by atoms with Crippen LogP contribution in [0.5, 0.6) is 5.75 Å². The minimum atomic E-state index is -4.76. The standard InChI is InChI=1S/C16H19F3N4O3S/c17-16(18,19)26-12-1-2-14-13(9-12)15(21-10-20-14)23-7-4-11(5-8-23)3-6-22-27(24)25/h1-2,9-11,27H,3-8H2,(H,22,24,25).